The van der Waals surface area contributed by atoms with Crippen molar-refractivity contribution >= 4 is 33.4 Å². The molecule has 5 heteroatoms. The van der Waals surface area contributed by atoms with Gasteiger partial charge in [0.2, 0.25) is 5.78 Å². The maximum absolute atomic E-state index is 13.6. The zero-order chi connectivity index (χ0) is 21.5. The van der Waals surface area contributed by atoms with Crippen LogP contribution >= 0.6 is 0 Å². The van der Waals surface area contributed by atoms with Gasteiger partial charge in [-0.25, -0.2) is 0 Å². The third kappa shape index (κ3) is 3.01. The summed E-state index contributed by atoms with van der Waals surface area (Å²) in [5, 5.41) is 13.5. The molecule has 0 bridgehead atoms. The van der Waals surface area contributed by atoms with Crippen LogP contribution in [0.1, 0.15) is 35.5 Å². The largest absolute Gasteiger partial charge is 0.503 e. The first kappa shape index (κ1) is 19.1. The van der Waals surface area contributed by atoms with Crippen molar-refractivity contribution in [2.45, 2.75) is 19.4 Å². The van der Waals surface area contributed by atoms with Gasteiger partial charge in [-0.2, -0.15) is 0 Å². The minimum absolute atomic E-state index is 0.0638. The molecule has 5 nitrogen and oxygen atoms in total. The highest BCUT2D eigenvalue weighted by atomic mass is 16.3. The normalized spacial score (nSPS) is 16.6. The van der Waals surface area contributed by atoms with Crippen molar-refractivity contribution < 1.29 is 19.1 Å². The Hall–Kier alpha value is -3.86. The Labute approximate surface area is 179 Å². The number of Topliss-reactive ketones (excluding diaryl/α,β-unsaturated/α-hetero) is 1. The highest BCUT2D eigenvalue weighted by Gasteiger charge is 2.44. The molecule has 3 aromatic carbocycles. The van der Waals surface area contributed by atoms with E-state index in [1.54, 1.807) is 17.0 Å². The van der Waals surface area contributed by atoms with Gasteiger partial charge in [-0.15, -0.1) is 0 Å². The quantitative estimate of drug-likeness (QED) is 0.436. The van der Waals surface area contributed by atoms with E-state index in [4.69, 9.17) is 4.42 Å². The second-order valence-corrected chi connectivity index (χ2v) is 7.71. The van der Waals surface area contributed by atoms with Crippen LogP contribution < -0.4 is 0 Å². The van der Waals surface area contributed by atoms with Crippen LogP contribution in [0.4, 0.5) is 0 Å². The number of hydrogen-bond acceptors (Lipinski definition) is 4. The molecule has 1 aromatic heterocycles. The zero-order valence-corrected chi connectivity index (χ0v) is 17.0. The molecule has 1 aliphatic heterocycles. The lowest BCUT2D eigenvalue weighted by Gasteiger charge is -2.27. The van der Waals surface area contributed by atoms with E-state index >= 15 is 0 Å². The van der Waals surface area contributed by atoms with Gasteiger partial charge < -0.3 is 14.4 Å². The summed E-state index contributed by atoms with van der Waals surface area (Å²) in [5.74, 6) is -1.39. The summed E-state index contributed by atoms with van der Waals surface area (Å²) < 4.78 is 5.77. The van der Waals surface area contributed by atoms with Crippen LogP contribution in [-0.4, -0.2) is 28.2 Å². The van der Waals surface area contributed by atoms with Gasteiger partial charge in [0.05, 0.1) is 11.6 Å². The number of aliphatic hydroxyl groups excluding tert-OH is 1. The lowest BCUT2D eigenvalue weighted by molar-refractivity contribution is -0.129. The fourth-order valence-corrected chi connectivity index (χ4v) is 4.40. The fourth-order valence-electron chi connectivity index (χ4n) is 4.40. The van der Waals surface area contributed by atoms with Crippen molar-refractivity contribution in [3.63, 3.8) is 0 Å². The summed E-state index contributed by atoms with van der Waals surface area (Å²) in [6.07, 6.45) is 0.701. The number of ketones is 1. The van der Waals surface area contributed by atoms with Gasteiger partial charge in [-0.05, 0) is 34.9 Å². The van der Waals surface area contributed by atoms with E-state index in [-0.39, 0.29) is 11.3 Å². The van der Waals surface area contributed by atoms with Gasteiger partial charge in [0.15, 0.2) is 11.5 Å². The fraction of sp³-hybridized carbons (Fsp3) is 0.154. The van der Waals surface area contributed by atoms with Crippen molar-refractivity contribution in [3.05, 3.63) is 95.5 Å². The Morgan fingerprint density at radius 1 is 1.00 bits per heavy atom. The molecule has 1 atom stereocenters. The number of furan rings is 1. The van der Waals surface area contributed by atoms with E-state index in [9.17, 15) is 14.7 Å². The molecule has 1 unspecified atom stereocenters. The number of benzene rings is 3. The molecular weight excluding hydrogens is 390 g/mol. The van der Waals surface area contributed by atoms with Crippen LogP contribution in [-0.2, 0) is 4.79 Å². The number of carbonyl (C=O) groups is 2. The predicted octanol–water partition coefficient (Wildman–Crippen LogP) is 5.57. The minimum Gasteiger partial charge on any atom is -0.503 e. The first-order valence-electron chi connectivity index (χ1n) is 10.3. The number of fused-ring (bicyclic) bond motifs is 2. The topological polar surface area (TPSA) is 70.8 Å². The Morgan fingerprint density at radius 2 is 1.71 bits per heavy atom. The standard InChI is InChI=1S/C26H21NO4/c1-2-14-27-23(19-12-7-10-16-8-3-5-11-18(16)19)22(25(29)26(27)30)24(28)21-15-17-9-4-6-13-20(17)31-21/h3-13,15,23,29H,2,14H2,1H3. The molecule has 0 aliphatic carbocycles. The van der Waals surface area contributed by atoms with Crippen LogP contribution in [0.5, 0.6) is 0 Å². The monoisotopic (exact) mass is 411 g/mol. The number of rotatable bonds is 5. The summed E-state index contributed by atoms with van der Waals surface area (Å²) in [6.45, 7) is 2.39. The first-order valence-corrected chi connectivity index (χ1v) is 10.3. The van der Waals surface area contributed by atoms with E-state index in [0.29, 0.717) is 18.5 Å². The van der Waals surface area contributed by atoms with Crippen molar-refractivity contribution in [2.75, 3.05) is 6.54 Å². The number of aliphatic hydroxyl groups is 1. The van der Waals surface area contributed by atoms with E-state index in [2.05, 4.69) is 0 Å². The minimum atomic E-state index is -0.681. The smallest absolute Gasteiger partial charge is 0.290 e. The average molecular weight is 411 g/mol. The Bertz CT molecular complexity index is 1330. The summed E-state index contributed by atoms with van der Waals surface area (Å²) >= 11 is 0. The van der Waals surface area contributed by atoms with Crippen LogP contribution in [0.15, 0.2) is 88.5 Å². The van der Waals surface area contributed by atoms with E-state index in [1.807, 2.05) is 67.6 Å². The molecule has 0 saturated heterocycles. The lowest BCUT2D eigenvalue weighted by Crippen LogP contribution is -2.32. The highest BCUT2D eigenvalue weighted by Crippen LogP contribution is 2.42. The van der Waals surface area contributed by atoms with Crippen LogP contribution in [0.25, 0.3) is 21.7 Å². The van der Waals surface area contributed by atoms with Crippen LogP contribution in [0, 0.1) is 0 Å². The van der Waals surface area contributed by atoms with Crippen molar-refractivity contribution in [2.24, 2.45) is 0 Å². The van der Waals surface area contributed by atoms with Crippen molar-refractivity contribution in [3.8, 4) is 0 Å². The molecule has 0 radical (unpaired) electrons. The Balaban J connectivity index is 1.69. The maximum Gasteiger partial charge on any atom is 0.290 e. The SMILES string of the molecule is CCCN1C(=O)C(O)=C(C(=O)c2cc3ccccc3o2)C1c1cccc2ccccc12. The van der Waals surface area contributed by atoms with E-state index in [0.717, 1.165) is 21.7 Å². The molecule has 154 valence electrons. The molecule has 1 amide bonds. The third-order valence-electron chi connectivity index (χ3n) is 5.78. The predicted molar refractivity (Wildman–Crippen MR) is 119 cm³/mol. The van der Waals surface area contributed by atoms with Gasteiger partial charge in [0.25, 0.3) is 5.91 Å². The van der Waals surface area contributed by atoms with Gasteiger partial charge in [-0.3, -0.25) is 9.59 Å². The second-order valence-electron chi connectivity index (χ2n) is 7.71. The van der Waals surface area contributed by atoms with E-state index < -0.39 is 23.5 Å². The van der Waals surface area contributed by atoms with Gasteiger partial charge in [0.1, 0.15) is 5.58 Å². The molecule has 1 aliphatic rings. The number of amides is 1. The number of nitrogens with zero attached hydrogens (tertiary/aromatic N) is 1. The molecule has 1 N–H and O–H groups in total. The van der Waals surface area contributed by atoms with Gasteiger partial charge >= 0.3 is 0 Å². The summed E-state index contributed by atoms with van der Waals surface area (Å²) in [6, 6.07) is 22.0. The van der Waals surface area contributed by atoms with Crippen LogP contribution in [0.3, 0.4) is 0 Å². The van der Waals surface area contributed by atoms with Gasteiger partial charge in [-0.1, -0.05) is 67.6 Å². The second kappa shape index (κ2) is 7.43. The first-order chi connectivity index (χ1) is 15.1. The van der Waals surface area contributed by atoms with Crippen molar-refractivity contribution in [1.29, 1.82) is 0 Å². The highest BCUT2D eigenvalue weighted by molar-refractivity contribution is 6.16. The maximum atomic E-state index is 13.6. The molecule has 0 fully saturated rings. The lowest BCUT2D eigenvalue weighted by atomic mass is 9.91. The number of carbonyl (C=O) groups excluding carboxylic acids is 2. The molecule has 4 aromatic rings. The Kier molecular flexibility index (Phi) is 4.59. The molecule has 2 heterocycles. The molecular formula is C26H21NO4. The molecule has 5 rings (SSSR count). The molecule has 0 saturated carbocycles. The molecule has 31 heavy (non-hydrogen) atoms. The summed E-state index contributed by atoms with van der Waals surface area (Å²) in [5.41, 5.74) is 1.46. The van der Waals surface area contributed by atoms with Gasteiger partial charge in [0, 0.05) is 11.9 Å². The zero-order valence-electron chi connectivity index (χ0n) is 17.0. The van der Waals surface area contributed by atoms with Crippen LogP contribution in [0.2, 0.25) is 0 Å². The third-order valence-corrected chi connectivity index (χ3v) is 5.78. The Morgan fingerprint density at radius 3 is 2.48 bits per heavy atom. The number of para-hydroxylation sites is 1. The number of hydrogen-bond donors (Lipinski definition) is 1. The summed E-state index contributed by atoms with van der Waals surface area (Å²) in [7, 11) is 0. The van der Waals surface area contributed by atoms with E-state index in [1.165, 1.54) is 0 Å². The van der Waals surface area contributed by atoms with Crippen molar-refractivity contribution in [1.82, 2.24) is 4.90 Å². The average Bonchev–Trinajstić information content (AvgIpc) is 3.33. The molecule has 0 spiro atoms. The summed E-state index contributed by atoms with van der Waals surface area (Å²) in [4.78, 5) is 28.1.